The van der Waals surface area contributed by atoms with Crippen molar-refractivity contribution in [1.29, 1.82) is 0 Å². The lowest BCUT2D eigenvalue weighted by Gasteiger charge is -2.18. The Bertz CT molecular complexity index is 1490. The summed E-state index contributed by atoms with van der Waals surface area (Å²) in [5.74, 6) is 0.397. The van der Waals surface area contributed by atoms with E-state index < -0.39 is 0 Å². The van der Waals surface area contributed by atoms with E-state index in [1.54, 1.807) is 6.08 Å². The average molecular weight is 550 g/mol. The van der Waals surface area contributed by atoms with Gasteiger partial charge in [-0.25, -0.2) is 0 Å². The van der Waals surface area contributed by atoms with Crippen LogP contribution >= 0.6 is 0 Å². The van der Waals surface area contributed by atoms with Crippen LogP contribution in [0.15, 0.2) is 182 Å². The van der Waals surface area contributed by atoms with Crippen LogP contribution in [-0.2, 0) is 0 Å². The molecule has 0 heterocycles. The van der Waals surface area contributed by atoms with Gasteiger partial charge in [-0.15, -0.1) is 6.58 Å². The molecule has 0 saturated heterocycles. The predicted octanol–water partition coefficient (Wildman–Crippen LogP) is 11.2. The fraction of sp³-hybridized carbons (Fsp3) is 0.146. The largest absolute Gasteiger partial charge is 0.253 e. The highest BCUT2D eigenvalue weighted by Crippen LogP contribution is 2.35. The molecule has 1 unspecified atom stereocenters. The Kier molecular flexibility index (Phi) is 13.0. The van der Waals surface area contributed by atoms with Gasteiger partial charge >= 0.3 is 0 Å². The van der Waals surface area contributed by atoms with Crippen molar-refractivity contribution in [3.05, 3.63) is 193 Å². The zero-order valence-corrected chi connectivity index (χ0v) is 25.3. The smallest absolute Gasteiger partial charge is 0.0711 e. The lowest BCUT2D eigenvalue weighted by Crippen LogP contribution is -2.04. The number of hydrogen-bond donors (Lipinski definition) is 0. The van der Waals surface area contributed by atoms with E-state index in [0.717, 1.165) is 51.2 Å². The molecule has 3 rings (SSSR count). The quantitative estimate of drug-likeness (QED) is 0.108. The summed E-state index contributed by atoms with van der Waals surface area (Å²) < 4.78 is 0. The van der Waals surface area contributed by atoms with Crippen LogP contribution in [0.3, 0.4) is 0 Å². The highest BCUT2D eigenvalue weighted by Gasteiger charge is 2.16. The third kappa shape index (κ3) is 9.42. The molecule has 3 aromatic carbocycles. The first-order chi connectivity index (χ1) is 20.5. The van der Waals surface area contributed by atoms with Crippen molar-refractivity contribution in [2.75, 3.05) is 0 Å². The molecular weight excluding hydrogens is 506 g/mol. The number of hydrogen-bond acceptors (Lipinski definition) is 1. The molecule has 0 fully saturated rings. The van der Waals surface area contributed by atoms with Gasteiger partial charge in [-0.05, 0) is 59.3 Å². The molecule has 0 aromatic heterocycles. The molecule has 1 atom stereocenters. The average Bonchev–Trinajstić information content (AvgIpc) is 3.02. The molecular formula is C41H43N. The van der Waals surface area contributed by atoms with E-state index in [1.165, 1.54) is 0 Å². The minimum absolute atomic E-state index is 0.164. The Morgan fingerprint density at radius 3 is 1.74 bits per heavy atom. The zero-order chi connectivity index (χ0) is 30.2. The van der Waals surface area contributed by atoms with E-state index in [1.807, 2.05) is 31.2 Å². The summed E-state index contributed by atoms with van der Waals surface area (Å²) in [7, 11) is 0. The van der Waals surface area contributed by atoms with Gasteiger partial charge in [0, 0.05) is 17.2 Å². The van der Waals surface area contributed by atoms with Gasteiger partial charge < -0.3 is 0 Å². The van der Waals surface area contributed by atoms with Crippen LogP contribution in [-0.4, -0.2) is 5.71 Å². The van der Waals surface area contributed by atoms with Crippen molar-refractivity contribution in [2.24, 2.45) is 16.8 Å². The molecule has 1 heteroatoms. The monoisotopic (exact) mass is 549 g/mol. The summed E-state index contributed by atoms with van der Waals surface area (Å²) in [6, 6.07) is 31.5. The Balaban J connectivity index is 2.38. The molecule has 1 nitrogen and oxygen atoms in total. The Morgan fingerprint density at radius 1 is 0.738 bits per heavy atom. The first-order valence-electron chi connectivity index (χ1n) is 14.6. The lowest BCUT2D eigenvalue weighted by molar-refractivity contribution is 0.758. The SMILES string of the molecule is C=C\C=C/C=C(/N=C(\C=C(/C(=C\C(=C)C(/C=C\C)CC=C)c1ccccc1)c1ccccc1)c1ccccc1)C(C)C. The number of aliphatic imine (C=N–C) groups is 1. The van der Waals surface area contributed by atoms with Crippen LogP contribution < -0.4 is 0 Å². The van der Waals surface area contributed by atoms with Gasteiger partial charge in [-0.1, -0.05) is 161 Å². The summed E-state index contributed by atoms with van der Waals surface area (Å²) in [4.78, 5) is 5.27. The van der Waals surface area contributed by atoms with E-state index in [4.69, 9.17) is 4.99 Å². The maximum atomic E-state index is 5.27. The van der Waals surface area contributed by atoms with E-state index in [0.29, 0.717) is 0 Å². The second-order valence-corrected chi connectivity index (χ2v) is 10.3. The minimum atomic E-state index is 0.164. The number of allylic oxidation sites excluding steroid dienone is 13. The molecule has 0 aliphatic heterocycles. The van der Waals surface area contributed by atoms with Gasteiger partial charge in [0.05, 0.1) is 5.71 Å². The Hall–Kier alpha value is -4.75. The van der Waals surface area contributed by atoms with E-state index in [9.17, 15) is 0 Å². The maximum absolute atomic E-state index is 5.27. The molecule has 0 aliphatic carbocycles. The van der Waals surface area contributed by atoms with Crippen LogP contribution in [0.25, 0.3) is 11.1 Å². The molecule has 42 heavy (non-hydrogen) atoms. The number of nitrogens with zero attached hydrogens (tertiary/aromatic N) is 1. The summed E-state index contributed by atoms with van der Waals surface area (Å²) in [5.41, 5.74) is 8.36. The number of benzene rings is 3. The normalized spacial score (nSPS) is 14.0. The highest BCUT2D eigenvalue weighted by atomic mass is 14.8. The summed E-state index contributed by atoms with van der Waals surface area (Å²) in [5, 5.41) is 0. The van der Waals surface area contributed by atoms with Gasteiger partial charge in [0.1, 0.15) is 0 Å². The molecule has 0 spiro atoms. The topological polar surface area (TPSA) is 12.4 Å². The van der Waals surface area contributed by atoms with Crippen molar-refractivity contribution < 1.29 is 0 Å². The van der Waals surface area contributed by atoms with Gasteiger partial charge in [0.25, 0.3) is 0 Å². The minimum Gasteiger partial charge on any atom is -0.253 e. The van der Waals surface area contributed by atoms with Crippen molar-refractivity contribution in [2.45, 2.75) is 27.2 Å². The molecule has 3 aromatic rings. The van der Waals surface area contributed by atoms with Crippen molar-refractivity contribution in [3.63, 3.8) is 0 Å². The highest BCUT2D eigenvalue weighted by molar-refractivity contribution is 6.19. The van der Waals surface area contributed by atoms with Gasteiger partial charge in [-0.2, -0.15) is 0 Å². The lowest BCUT2D eigenvalue weighted by atomic mass is 9.86. The fourth-order valence-corrected chi connectivity index (χ4v) is 4.58. The van der Waals surface area contributed by atoms with Crippen LogP contribution in [0, 0.1) is 11.8 Å². The molecule has 0 amide bonds. The second-order valence-electron chi connectivity index (χ2n) is 10.3. The van der Waals surface area contributed by atoms with Crippen LogP contribution in [0.5, 0.6) is 0 Å². The second kappa shape index (κ2) is 17.1. The zero-order valence-electron chi connectivity index (χ0n) is 25.3. The van der Waals surface area contributed by atoms with Crippen molar-refractivity contribution in [1.82, 2.24) is 0 Å². The summed E-state index contributed by atoms with van der Waals surface area (Å²) >= 11 is 0. The molecule has 0 aliphatic rings. The van der Waals surface area contributed by atoms with E-state index in [-0.39, 0.29) is 11.8 Å². The standard InChI is InChI=1S/C41H43N/c1-7-10-14-29-40(32(4)5)42-41(37-27-19-13-20-28-37)31-39(36-25-17-12-18-26-36)38(35-23-15-11-16-24-35)30-33(6)34(21-8-2)22-9-3/h7-20,22-32,34H,1-2,6,21H2,3-5H3/b14-10-,22-9-,38-30-,39-31-,40-29+,42-41+. The first-order valence-corrected chi connectivity index (χ1v) is 14.6. The number of rotatable bonds is 14. The summed E-state index contributed by atoms with van der Waals surface area (Å²) in [6.45, 7) is 18.7. The third-order valence-corrected chi connectivity index (χ3v) is 6.82. The first kappa shape index (κ1) is 31.8. The summed E-state index contributed by atoms with van der Waals surface area (Å²) in [6.07, 6.45) is 19.3. The Morgan fingerprint density at radius 2 is 1.26 bits per heavy atom. The maximum Gasteiger partial charge on any atom is 0.0711 e. The molecule has 0 bridgehead atoms. The van der Waals surface area contributed by atoms with E-state index >= 15 is 0 Å². The van der Waals surface area contributed by atoms with Crippen molar-refractivity contribution in [3.8, 4) is 0 Å². The van der Waals surface area contributed by atoms with Crippen LogP contribution in [0.1, 0.15) is 43.9 Å². The van der Waals surface area contributed by atoms with Crippen LogP contribution in [0.2, 0.25) is 0 Å². The molecule has 212 valence electrons. The van der Waals surface area contributed by atoms with Crippen LogP contribution in [0.4, 0.5) is 0 Å². The van der Waals surface area contributed by atoms with Gasteiger partial charge in [-0.3, -0.25) is 4.99 Å². The molecule has 0 saturated carbocycles. The third-order valence-electron chi connectivity index (χ3n) is 6.82. The fourth-order valence-electron chi connectivity index (χ4n) is 4.58. The molecule has 0 radical (unpaired) electrons. The molecule has 0 N–H and O–H groups in total. The van der Waals surface area contributed by atoms with Crippen molar-refractivity contribution >= 4 is 16.9 Å². The van der Waals surface area contributed by atoms with E-state index in [2.05, 4.69) is 149 Å². The van der Waals surface area contributed by atoms with Gasteiger partial charge in [0.2, 0.25) is 0 Å². The predicted molar refractivity (Wildman–Crippen MR) is 186 cm³/mol. The Labute approximate surface area is 253 Å². The van der Waals surface area contributed by atoms with Gasteiger partial charge in [0.15, 0.2) is 0 Å².